The number of benzene rings is 1. The fraction of sp³-hybridized carbons (Fsp3) is 0.467. The van der Waals surface area contributed by atoms with Crippen LogP contribution >= 0.6 is 21.6 Å². The highest BCUT2D eigenvalue weighted by Gasteiger charge is 2.06. The van der Waals surface area contributed by atoms with Gasteiger partial charge < -0.3 is 11.1 Å². The van der Waals surface area contributed by atoms with Gasteiger partial charge in [-0.1, -0.05) is 53.3 Å². The highest BCUT2D eigenvalue weighted by molar-refractivity contribution is 8.76. The number of allylic oxidation sites excluding steroid dienone is 1. The zero-order valence-electron chi connectivity index (χ0n) is 11.8. The maximum Gasteiger partial charge on any atom is 0.0346 e. The topological polar surface area (TPSA) is 38.0 Å². The van der Waals surface area contributed by atoms with E-state index in [2.05, 4.69) is 31.1 Å². The number of para-hydroxylation sites is 1. The molecule has 0 saturated heterocycles. The molecular formula is C15H24N2S2. The summed E-state index contributed by atoms with van der Waals surface area (Å²) in [6.07, 6.45) is 5.19. The van der Waals surface area contributed by atoms with Gasteiger partial charge in [0.05, 0.1) is 0 Å². The third-order valence-electron chi connectivity index (χ3n) is 3.02. The molecule has 0 radical (unpaired) electrons. The van der Waals surface area contributed by atoms with Gasteiger partial charge in [-0.25, -0.2) is 0 Å². The molecule has 1 aromatic rings. The quantitative estimate of drug-likeness (QED) is 0.531. The van der Waals surface area contributed by atoms with Crippen molar-refractivity contribution in [2.75, 3.05) is 18.5 Å². The van der Waals surface area contributed by atoms with Crippen molar-refractivity contribution in [1.82, 2.24) is 5.32 Å². The largest absolute Gasteiger partial charge is 0.399 e. The normalized spacial score (nSPS) is 12.1. The first kappa shape index (κ1) is 16.3. The van der Waals surface area contributed by atoms with E-state index in [0.717, 1.165) is 30.8 Å². The van der Waals surface area contributed by atoms with Gasteiger partial charge >= 0.3 is 0 Å². The minimum atomic E-state index is 0.647. The van der Waals surface area contributed by atoms with Gasteiger partial charge in [-0.05, 0) is 37.1 Å². The Morgan fingerprint density at radius 3 is 2.79 bits per heavy atom. The summed E-state index contributed by atoms with van der Waals surface area (Å²) >= 11 is 0. The van der Waals surface area contributed by atoms with Crippen molar-refractivity contribution in [3.05, 3.63) is 42.1 Å². The van der Waals surface area contributed by atoms with Crippen LogP contribution in [0.1, 0.15) is 25.3 Å². The third kappa shape index (κ3) is 6.30. The molecule has 0 aromatic heterocycles. The summed E-state index contributed by atoms with van der Waals surface area (Å²) in [4.78, 5) is 0. The van der Waals surface area contributed by atoms with Gasteiger partial charge in [0, 0.05) is 23.2 Å². The molecule has 19 heavy (non-hydrogen) atoms. The van der Waals surface area contributed by atoms with Crippen molar-refractivity contribution in [1.29, 1.82) is 0 Å². The van der Waals surface area contributed by atoms with Crippen molar-refractivity contribution in [3.8, 4) is 0 Å². The fourth-order valence-corrected chi connectivity index (χ4v) is 3.76. The standard InChI is InChI=1S/C15H24N2S2/c1-4-14(19-18-3)11-17-12(2)9-10-13-7-5-6-8-15(13)16/h5-8,14,17H,2,4,9-11,16H2,1,3H3/t14-/m0/s1. The molecule has 0 fully saturated rings. The summed E-state index contributed by atoms with van der Waals surface area (Å²) < 4.78 is 0. The van der Waals surface area contributed by atoms with Crippen LogP contribution in [0.3, 0.4) is 0 Å². The number of anilines is 1. The summed E-state index contributed by atoms with van der Waals surface area (Å²) in [5, 5.41) is 4.09. The molecule has 0 bridgehead atoms. The van der Waals surface area contributed by atoms with Crippen LogP contribution in [0.15, 0.2) is 36.5 Å². The Labute approximate surface area is 125 Å². The summed E-state index contributed by atoms with van der Waals surface area (Å²) in [7, 11) is 3.76. The molecule has 0 saturated carbocycles. The summed E-state index contributed by atoms with van der Waals surface area (Å²) in [6, 6.07) is 8.04. The lowest BCUT2D eigenvalue weighted by Crippen LogP contribution is -2.23. The predicted octanol–water partition coefficient (Wildman–Crippen LogP) is 4.09. The second kappa shape index (κ2) is 9.21. The van der Waals surface area contributed by atoms with Crippen LogP contribution in [0.25, 0.3) is 0 Å². The number of nitrogen functional groups attached to an aromatic ring is 1. The van der Waals surface area contributed by atoms with Gasteiger partial charge in [0.15, 0.2) is 0 Å². The van der Waals surface area contributed by atoms with Crippen molar-refractivity contribution in [2.45, 2.75) is 31.4 Å². The Morgan fingerprint density at radius 1 is 1.42 bits per heavy atom. The molecule has 1 aromatic carbocycles. The lowest BCUT2D eigenvalue weighted by molar-refractivity contribution is 0.700. The average Bonchev–Trinajstić information content (AvgIpc) is 2.42. The molecule has 2 nitrogen and oxygen atoms in total. The second-order valence-electron chi connectivity index (χ2n) is 4.48. The zero-order valence-corrected chi connectivity index (χ0v) is 13.4. The van der Waals surface area contributed by atoms with Crippen LogP contribution in [0.2, 0.25) is 0 Å². The maximum atomic E-state index is 5.93. The third-order valence-corrected chi connectivity index (χ3v) is 5.38. The highest BCUT2D eigenvalue weighted by Crippen LogP contribution is 2.25. The molecule has 106 valence electrons. The van der Waals surface area contributed by atoms with E-state index < -0.39 is 0 Å². The Bertz CT molecular complexity index is 393. The molecular weight excluding hydrogens is 272 g/mol. The van der Waals surface area contributed by atoms with Crippen molar-refractivity contribution >= 4 is 27.3 Å². The van der Waals surface area contributed by atoms with Crippen LogP contribution in [0, 0.1) is 0 Å². The van der Waals surface area contributed by atoms with Gasteiger partial charge in [-0.3, -0.25) is 0 Å². The van der Waals surface area contributed by atoms with Crippen molar-refractivity contribution in [2.24, 2.45) is 0 Å². The molecule has 0 aliphatic rings. The van der Waals surface area contributed by atoms with E-state index in [-0.39, 0.29) is 0 Å². The van der Waals surface area contributed by atoms with Crippen LogP contribution in [0.4, 0.5) is 5.69 Å². The number of nitrogens with two attached hydrogens (primary N) is 1. The van der Waals surface area contributed by atoms with Gasteiger partial charge in [-0.2, -0.15) is 0 Å². The summed E-state index contributed by atoms with van der Waals surface area (Å²) in [5.41, 5.74) is 9.11. The Kier molecular flexibility index (Phi) is 7.91. The number of aryl methyl sites for hydroxylation is 1. The van der Waals surface area contributed by atoms with Crippen LogP contribution < -0.4 is 11.1 Å². The monoisotopic (exact) mass is 296 g/mol. The van der Waals surface area contributed by atoms with E-state index in [4.69, 9.17) is 5.73 Å². The smallest absolute Gasteiger partial charge is 0.0346 e. The SMILES string of the molecule is C=C(CCc1ccccc1N)NC[C@H](CC)SSC. The molecule has 1 rings (SSSR count). The number of nitrogens with one attached hydrogen (secondary N) is 1. The molecule has 0 aliphatic carbocycles. The summed E-state index contributed by atoms with van der Waals surface area (Å²) in [5.74, 6) is 0. The molecule has 3 N–H and O–H groups in total. The predicted molar refractivity (Wildman–Crippen MR) is 91.5 cm³/mol. The van der Waals surface area contributed by atoms with E-state index in [0.29, 0.717) is 5.25 Å². The first-order valence-electron chi connectivity index (χ1n) is 6.61. The Balaban J connectivity index is 2.30. The van der Waals surface area contributed by atoms with Crippen molar-refractivity contribution < 1.29 is 0 Å². The first-order chi connectivity index (χ1) is 9.17. The van der Waals surface area contributed by atoms with E-state index in [1.807, 2.05) is 39.8 Å². The van der Waals surface area contributed by atoms with E-state index in [1.54, 1.807) is 0 Å². The van der Waals surface area contributed by atoms with Crippen LogP contribution in [-0.4, -0.2) is 18.1 Å². The highest BCUT2D eigenvalue weighted by atomic mass is 33.1. The molecule has 0 amide bonds. The lowest BCUT2D eigenvalue weighted by Gasteiger charge is -2.16. The summed E-state index contributed by atoms with van der Waals surface area (Å²) in [6.45, 7) is 7.31. The molecule has 0 heterocycles. The molecule has 1 atom stereocenters. The minimum Gasteiger partial charge on any atom is -0.399 e. The van der Waals surface area contributed by atoms with Gasteiger partial charge in [0.1, 0.15) is 0 Å². The molecule has 0 aliphatic heterocycles. The van der Waals surface area contributed by atoms with E-state index >= 15 is 0 Å². The van der Waals surface area contributed by atoms with Crippen LogP contribution in [0.5, 0.6) is 0 Å². The van der Waals surface area contributed by atoms with Gasteiger partial charge in [0.25, 0.3) is 0 Å². The van der Waals surface area contributed by atoms with E-state index in [9.17, 15) is 0 Å². The van der Waals surface area contributed by atoms with Crippen molar-refractivity contribution in [3.63, 3.8) is 0 Å². The zero-order chi connectivity index (χ0) is 14.1. The number of hydrogen-bond acceptors (Lipinski definition) is 4. The number of rotatable bonds is 9. The van der Waals surface area contributed by atoms with Gasteiger partial charge in [-0.15, -0.1) is 0 Å². The minimum absolute atomic E-state index is 0.647. The maximum absolute atomic E-state index is 5.93. The van der Waals surface area contributed by atoms with Gasteiger partial charge in [0.2, 0.25) is 0 Å². The van der Waals surface area contributed by atoms with E-state index in [1.165, 1.54) is 12.0 Å². The Hall–Kier alpha value is -0.740. The second-order valence-corrected chi connectivity index (χ2v) is 7.25. The molecule has 0 unspecified atom stereocenters. The lowest BCUT2D eigenvalue weighted by atomic mass is 10.1. The van der Waals surface area contributed by atoms with Crippen LogP contribution in [-0.2, 0) is 6.42 Å². The Morgan fingerprint density at radius 2 is 2.16 bits per heavy atom. The fourth-order valence-electron chi connectivity index (χ4n) is 1.78. The molecule has 4 heteroatoms. The first-order valence-corrected chi connectivity index (χ1v) is 9.24. The molecule has 0 spiro atoms. The number of hydrogen-bond donors (Lipinski definition) is 2. The average molecular weight is 297 g/mol.